The Labute approximate surface area is 108 Å². The Morgan fingerprint density at radius 3 is 2.50 bits per heavy atom. The maximum Gasteiger partial charge on any atom is 0.225 e. The molecule has 3 fully saturated rings. The van der Waals surface area contributed by atoms with Gasteiger partial charge in [-0.25, -0.2) is 0 Å². The van der Waals surface area contributed by atoms with Crippen LogP contribution in [0.3, 0.4) is 0 Å². The van der Waals surface area contributed by atoms with Crippen LogP contribution >= 0.6 is 0 Å². The molecule has 0 aromatic carbocycles. The van der Waals surface area contributed by atoms with E-state index in [2.05, 4.69) is 0 Å². The number of carbonyl (C=O) groups excluding carboxylic acids is 1. The summed E-state index contributed by atoms with van der Waals surface area (Å²) in [5, 5.41) is 10.4. The lowest BCUT2D eigenvalue weighted by Crippen LogP contribution is -2.48. The van der Waals surface area contributed by atoms with Crippen molar-refractivity contribution >= 4 is 5.91 Å². The predicted molar refractivity (Wildman–Crippen MR) is 67.0 cm³/mol. The first-order valence-corrected chi connectivity index (χ1v) is 7.12. The Morgan fingerprint density at radius 2 is 1.89 bits per heavy atom. The van der Waals surface area contributed by atoms with Crippen molar-refractivity contribution in [2.45, 2.75) is 37.7 Å². The predicted octanol–water partition coefficient (Wildman–Crippen LogP) is 1.03. The van der Waals surface area contributed by atoms with E-state index in [1.54, 1.807) is 4.90 Å². The van der Waals surface area contributed by atoms with Crippen molar-refractivity contribution in [1.82, 2.24) is 4.90 Å². The highest BCUT2D eigenvalue weighted by molar-refractivity contribution is 5.79. The molecule has 4 nitrogen and oxygen atoms in total. The molecule has 0 spiro atoms. The van der Waals surface area contributed by atoms with E-state index in [0.717, 1.165) is 24.7 Å². The zero-order valence-corrected chi connectivity index (χ0v) is 11.1. The van der Waals surface area contributed by atoms with E-state index in [1.807, 2.05) is 7.05 Å². The molecule has 1 amide bonds. The Hall–Kier alpha value is -0.610. The number of aliphatic hydroxyl groups is 1. The van der Waals surface area contributed by atoms with Crippen LogP contribution < -0.4 is 0 Å². The first-order valence-electron chi connectivity index (χ1n) is 7.12. The summed E-state index contributed by atoms with van der Waals surface area (Å²) in [4.78, 5) is 14.1. The van der Waals surface area contributed by atoms with Crippen LogP contribution in [0.1, 0.15) is 32.1 Å². The standard InChI is InChI=1S/C14H23NO3/c1-15(9-14(17)2-4-18-5-3-14)13(16)12-7-10-6-11(10)8-12/h10-12,17H,2-9H2,1H3. The summed E-state index contributed by atoms with van der Waals surface area (Å²) in [6.45, 7) is 1.67. The number of amides is 1. The number of hydrogen-bond acceptors (Lipinski definition) is 3. The fourth-order valence-electron chi connectivity index (χ4n) is 3.66. The normalized spacial score (nSPS) is 37.1. The van der Waals surface area contributed by atoms with Crippen molar-refractivity contribution in [2.24, 2.45) is 17.8 Å². The fraction of sp³-hybridized carbons (Fsp3) is 0.929. The molecule has 0 radical (unpaired) electrons. The van der Waals surface area contributed by atoms with Crippen molar-refractivity contribution in [3.8, 4) is 0 Å². The Balaban J connectivity index is 1.53. The quantitative estimate of drug-likeness (QED) is 0.817. The Morgan fingerprint density at radius 1 is 1.28 bits per heavy atom. The van der Waals surface area contributed by atoms with Gasteiger partial charge in [-0.2, -0.15) is 0 Å². The lowest BCUT2D eigenvalue weighted by Gasteiger charge is -2.36. The second kappa shape index (κ2) is 4.49. The van der Waals surface area contributed by atoms with E-state index in [-0.39, 0.29) is 11.8 Å². The molecule has 4 heteroatoms. The van der Waals surface area contributed by atoms with Gasteiger partial charge in [0.1, 0.15) is 0 Å². The van der Waals surface area contributed by atoms with E-state index >= 15 is 0 Å². The van der Waals surface area contributed by atoms with Crippen LogP contribution in [0.2, 0.25) is 0 Å². The molecule has 2 atom stereocenters. The molecule has 102 valence electrons. The molecular formula is C14H23NO3. The van der Waals surface area contributed by atoms with E-state index in [0.29, 0.717) is 32.6 Å². The number of rotatable bonds is 3. The van der Waals surface area contributed by atoms with E-state index < -0.39 is 5.60 Å². The fourth-order valence-corrected chi connectivity index (χ4v) is 3.66. The molecule has 0 aromatic heterocycles. The van der Waals surface area contributed by atoms with Gasteiger partial charge in [0.05, 0.1) is 5.60 Å². The summed E-state index contributed by atoms with van der Waals surface area (Å²) in [6, 6.07) is 0. The molecule has 18 heavy (non-hydrogen) atoms. The van der Waals surface area contributed by atoms with Gasteiger partial charge < -0.3 is 14.7 Å². The largest absolute Gasteiger partial charge is 0.388 e. The first kappa shape index (κ1) is 12.4. The van der Waals surface area contributed by atoms with Crippen LogP contribution in [-0.2, 0) is 9.53 Å². The molecule has 0 bridgehead atoms. The minimum atomic E-state index is -0.732. The van der Waals surface area contributed by atoms with Gasteiger partial charge in [0.15, 0.2) is 0 Å². The lowest BCUT2D eigenvalue weighted by molar-refractivity contribution is -0.141. The van der Waals surface area contributed by atoms with Crippen LogP contribution in [0, 0.1) is 17.8 Å². The number of carbonyl (C=O) groups is 1. The van der Waals surface area contributed by atoms with Crippen LogP contribution in [0.15, 0.2) is 0 Å². The minimum absolute atomic E-state index is 0.224. The molecule has 1 aliphatic heterocycles. The van der Waals surface area contributed by atoms with Crippen LogP contribution in [0.5, 0.6) is 0 Å². The zero-order chi connectivity index (χ0) is 12.8. The van der Waals surface area contributed by atoms with Crippen LogP contribution in [0.4, 0.5) is 0 Å². The maximum absolute atomic E-state index is 12.3. The molecule has 2 saturated carbocycles. The lowest BCUT2D eigenvalue weighted by atomic mass is 9.93. The summed E-state index contributed by atoms with van der Waals surface area (Å²) in [6.07, 6.45) is 4.78. The van der Waals surface area contributed by atoms with Gasteiger partial charge in [0.2, 0.25) is 5.91 Å². The highest BCUT2D eigenvalue weighted by atomic mass is 16.5. The summed E-state index contributed by atoms with van der Waals surface area (Å²) in [7, 11) is 1.83. The van der Waals surface area contributed by atoms with Crippen molar-refractivity contribution in [3.05, 3.63) is 0 Å². The second-order valence-corrected chi connectivity index (χ2v) is 6.46. The number of fused-ring (bicyclic) bond motifs is 1. The van der Waals surface area contributed by atoms with E-state index in [4.69, 9.17) is 4.74 Å². The zero-order valence-electron chi connectivity index (χ0n) is 11.1. The Bertz CT molecular complexity index is 328. The highest BCUT2D eigenvalue weighted by Gasteiger charge is 2.48. The van der Waals surface area contributed by atoms with Crippen molar-refractivity contribution in [3.63, 3.8) is 0 Å². The van der Waals surface area contributed by atoms with Crippen molar-refractivity contribution in [1.29, 1.82) is 0 Å². The first-order chi connectivity index (χ1) is 8.57. The monoisotopic (exact) mass is 253 g/mol. The van der Waals surface area contributed by atoms with Gasteiger partial charge in [0.25, 0.3) is 0 Å². The topological polar surface area (TPSA) is 49.8 Å². The number of nitrogens with zero attached hydrogens (tertiary/aromatic N) is 1. The number of likely N-dealkylation sites (N-methyl/N-ethyl adjacent to an activating group) is 1. The van der Waals surface area contributed by atoms with Gasteiger partial charge in [0, 0.05) is 45.6 Å². The molecule has 3 rings (SSSR count). The third-order valence-electron chi connectivity index (χ3n) is 4.92. The van der Waals surface area contributed by atoms with Gasteiger partial charge in [-0.05, 0) is 31.1 Å². The van der Waals surface area contributed by atoms with Gasteiger partial charge >= 0.3 is 0 Å². The summed E-state index contributed by atoms with van der Waals surface area (Å²) in [5.74, 6) is 2.13. The molecule has 0 aromatic rings. The highest BCUT2D eigenvalue weighted by Crippen LogP contribution is 2.54. The third kappa shape index (κ3) is 2.41. The summed E-state index contributed by atoms with van der Waals surface area (Å²) < 4.78 is 5.26. The van der Waals surface area contributed by atoms with E-state index in [1.165, 1.54) is 6.42 Å². The van der Waals surface area contributed by atoms with Crippen molar-refractivity contribution in [2.75, 3.05) is 26.8 Å². The molecule has 1 N–H and O–H groups in total. The molecular weight excluding hydrogens is 230 g/mol. The Kier molecular flexibility index (Phi) is 3.10. The maximum atomic E-state index is 12.3. The SMILES string of the molecule is CN(CC1(O)CCOCC1)C(=O)C1CC2CC2C1. The molecule has 3 aliphatic rings. The average molecular weight is 253 g/mol. The summed E-state index contributed by atoms with van der Waals surface area (Å²) in [5.41, 5.74) is -0.732. The van der Waals surface area contributed by atoms with Crippen molar-refractivity contribution < 1.29 is 14.6 Å². The smallest absolute Gasteiger partial charge is 0.225 e. The minimum Gasteiger partial charge on any atom is -0.388 e. The molecule has 1 heterocycles. The number of hydrogen-bond donors (Lipinski definition) is 1. The average Bonchev–Trinajstić information content (AvgIpc) is 2.95. The summed E-state index contributed by atoms with van der Waals surface area (Å²) >= 11 is 0. The van der Waals surface area contributed by atoms with Crippen LogP contribution in [-0.4, -0.2) is 48.3 Å². The van der Waals surface area contributed by atoms with E-state index in [9.17, 15) is 9.90 Å². The number of ether oxygens (including phenoxy) is 1. The molecule has 2 unspecified atom stereocenters. The van der Waals surface area contributed by atoms with Gasteiger partial charge in [-0.1, -0.05) is 0 Å². The van der Waals surface area contributed by atoms with Gasteiger partial charge in [-0.15, -0.1) is 0 Å². The van der Waals surface area contributed by atoms with Crippen LogP contribution in [0.25, 0.3) is 0 Å². The molecule has 2 aliphatic carbocycles. The second-order valence-electron chi connectivity index (χ2n) is 6.46. The van der Waals surface area contributed by atoms with Gasteiger partial charge in [-0.3, -0.25) is 4.79 Å². The third-order valence-corrected chi connectivity index (χ3v) is 4.92. The molecule has 1 saturated heterocycles.